The van der Waals surface area contributed by atoms with Crippen LogP contribution in [0, 0.1) is 0 Å². The summed E-state index contributed by atoms with van der Waals surface area (Å²) in [4.78, 5) is 16.7. The Hall–Kier alpha value is -2.13. The summed E-state index contributed by atoms with van der Waals surface area (Å²) >= 11 is 6.01. The van der Waals surface area contributed by atoms with Gasteiger partial charge in [0.15, 0.2) is 0 Å². The molecule has 0 saturated heterocycles. The van der Waals surface area contributed by atoms with Gasteiger partial charge in [-0.3, -0.25) is 9.20 Å². The van der Waals surface area contributed by atoms with Crippen LogP contribution in [0.3, 0.4) is 0 Å². The van der Waals surface area contributed by atoms with E-state index < -0.39 is 0 Å². The zero-order chi connectivity index (χ0) is 12.3. The fourth-order valence-electron chi connectivity index (χ4n) is 2.47. The fraction of sp³-hybridized carbons (Fsp3) is 0. The van der Waals surface area contributed by atoms with Crippen molar-refractivity contribution in [3.05, 3.63) is 57.8 Å². The van der Waals surface area contributed by atoms with Crippen molar-refractivity contribution >= 4 is 39.1 Å². The van der Waals surface area contributed by atoms with Gasteiger partial charge in [0.25, 0.3) is 0 Å². The summed E-state index contributed by atoms with van der Waals surface area (Å²) < 4.78 is 1.88. The zero-order valence-corrected chi connectivity index (χ0v) is 9.98. The molecule has 0 aliphatic rings. The number of halogens is 1. The van der Waals surface area contributed by atoms with E-state index in [1.165, 1.54) is 0 Å². The molecule has 0 unspecified atom stereocenters. The van der Waals surface area contributed by atoms with Gasteiger partial charge in [-0.05, 0) is 30.3 Å². The van der Waals surface area contributed by atoms with E-state index >= 15 is 0 Å². The molecule has 3 nitrogen and oxygen atoms in total. The Kier molecular flexibility index (Phi) is 1.76. The molecule has 3 aromatic heterocycles. The smallest absolute Gasteiger partial charge is 0.210 e. The highest BCUT2D eigenvalue weighted by Crippen LogP contribution is 2.24. The van der Waals surface area contributed by atoms with Crippen molar-refractivity contribution < 1.29 is 0 Å². The van der Waals surface area contributed by atoms with Crippen molar-refractivity contribution in [2.45, 2.75) is 0 Å². The van der Waals surface area contributed by atoms with Crippen LogP contribution in [0.2, 0.25) is 5.02 Å². The predicted octanol–water partition coefficient (Wildman–Crippen LogP) is 3.09. The first-order valence-corrected chi connectivity index (χ1v) is 5.94. The quantitative estimate of drug-likeness (QED) is 0.452. The Bertz CT molecular complexity index is 958. The molecule has 0 bridgehead atoms. The molecule has 0 aliphatic carbocycles. The molecule has 1 aromatic carbocycles. The molecule has 0 saturated carbocycles. The van der Waals surface area contributed by atoms with Gasteiger partial charge in [0, 0.05) is 15.8 Å². The van der Waals surface area contributed by atoms with Gasteiger partial charge in [-0.1, -0.05) is 17.7 Å². The molecule has 0 fully saturated rings. The second-order valence-corrected chi connectivity index (χ2v) is 4.70. The van der Waals surface area contributed by atoms with Crippen LogP contribution >= 0.6 is 11.6 Å². The second kappa shape index (κ2) is 3.21. The monoisotopic (exact) mass is 254 g/mol. The third-order valence-corrected chi connectivity index (χ3v) is 3.50. The molecule has 0 aliphatic heterocycles. The summed E-state index contributed by atoms with van der Waals surface area (Å²) in [7, 11) is 0. The molecular weight excluding hydrogens is 248 g/mol. The van der Waals surface area contributed by atoms with Gasteiger partial charge in [0.2, 0.25) is 5.43 Å². The summed E-state index contributed by atoms with van der Waals surface area (Å²) in [6.45, 7) is 0. The lowest BCUT2D eigenvalue weighted by Crippen LogP contribution is -2.07. The molecule has 4 aromatic rings. The minimum Gasteiger partial charge on any atom is -0.289 e. The van der Waals surface area contributed by atoms with Crippen LogP contribution in [0.1, 0.15) is 0 Å². The lowest BCUT2D eigenvalue weighted by molar-refractivity contribution is 1.28. The number of fused-ring (bicyclic) bond motifs is 2. The third kappa shape index (κ3) is 1.09. The SMILES string of the molecule is O=c1c2ccc(Cl)cc2c2cnc3cccc1n32. The number of hydrogen-bond donors (Lipinski definition) is 0. The van der Waals surface area contributed by atoms with Gasteiger partial charge in [-0.2, -0.15) is 0 Å². The van der Waals surface area contributed by atoms with E-state index in [0.717, 1.165) is 16.6 Å². The van der Waals surface area contributed by atoms with Crippen molar-refractivity contribution in [2.24, 2.45) is 0 Å². The Morgan fingerprint density at radius 3 is 2.83 bits per heavy atom. The van der Waals surface area contributed by atoms with Gasteiger partial charge < -0.3 is 0 Å². The predicted molar refractivity (Wildman–Crippen MR) is 72.7 cm³/mol. The van der Waals surface area contributed by atoms with E-state index in [1.54, 1.807) is 18.3 Å². The summed E-state index contributed by atoms with van der Waals surface area (Å²) in [6, 6.07) is 10.9. The molecule has 0 atom stereocenters. The summed E-state index contributed by atoms with van der Waals surface area (Å²) in [5.41, 5.74) is 2.35. The highest BCUT2D eigenvalue weighted by atomic mass is 35.5. The molecule has 0 amide bonds. The average Bonchev–Trinajstić information content (AvgIpc) is 2.80. The number of benzene rings is 1. The van der Waals surface area contributed by atoms with E-state index in [2.05, 4.69) is 4.98 Å². The van der Waals surface area contributed by atoms with E-state index in [4.69, 9.17) is 11.6 Å². The topological polar surface area (TPSA) is 34.4 Å². The molecular formula is C14H7ClN2O. The average molecular weight is 255 g/mol. The molecule has 18 heavy (non-hydrogen) atoms. The standard InChI is InChI=1S/C14H7ClN2O/c15-8-4-5-9-10(6-8)12-7-16-13-3-1-2-11(14(9)18)17(12)13/h1-7H. The molecule has 0 spiro atoms. The Morgan fingerprint density at radius 1 is 1.06 bits per heavy atom. The van der Waals surface area contributed by atoms with Gasteiger partial charge in [-0.15, -0.1) is 0 Å². The van der Waals surface area contributed by atoms with Gasteiger partial charge >= 0.3 is 0 Å². The normalized spacial score (nSPS) is 11.8. The van der Waals surface area contributed by atoms with Gasteiger partial charge in [0.1, 0.15) is 5.65 Å². The minimum absolute atomic E-state index is 0.0118. The van der Waals surface area contributed by atoms with Crippen LogP contribution in [0.15, 0.2) is 47.4 Å². The molecule has 0 N–H and O–H groups in total. The number of hydrogen-bond acceptors (Lipinski definition) is 2. The Morgan fingerprint density at radius 2 is 1.94 bits per heavy atom. The lowest BCUT2D eigenvalue weighted by atomic mass is 10.1. The maximum absolute atomic E-state index is 12.4. The Balaban J connectivity index is 2.48. The van der Waals surface area contributed by atoms with E-state index in [-0.39, 0.29) is 5.43 Å². The number of pyridine rings is 2. The number of imidazole rings is 1. The first-order valence-electron chi connectivity index (χ1n) is 5.57. The summed E-state index contributed by atoms with van der Waals surface area (Å²) in [5.74, 6) is 0. The lowest BCUT2D eigenvalue weighted by Gasteiger charge is -2.05. The van der Waals surface area contributed by atoms with Gasteiger partial charge in [-0.25, -0.2) is 4.98 Å². The maximum Gasteiger partial charge on any atom is 0.210 e. The number of aromatic nitrogens is 2. The van der Waals surface area contributed by atoms with Crippen LogP contribution in [0.5, 0.6) is 0 Å². The van der Waals surface area contributed by atoms with Crippen LogP contribution in [0.25, 0.3) is 27.5 Å². The maximum atomic E-state index is 12.4. The minimum atomic E-state index is 0.0118. The molecule has 86 valence electrons. The summed E-state index contributed by atoms with van der Waals surface area (Å²) in [5, 5.41) is 2.15. The van der Waals surface area contributed by atoms with E-state index in [9.17, 15) is 4.79 Å². The molecule has 3 heterocycles. The largest absolute Gasteiger partial charge is 0.289 e. The van der Waals surface area contributed by atoms with Crippen LogP contribution in [-0.2, 0) is 0 Å². The van der Waals surface area contributed by atoms with Gasteiger partial charge in [0.05, 0.1) is 17.2 Å². The number of rotatable bonds is 0. The molecule has 4 heteroatoms. The highest BCUT2D eigenvalue weighted by Gasteiger charge is 2.11. The van der Waals surface area contributed by atoms with Crippen molar-refractivity contribution in [3.8, 4) is 0 Å². The number of nitrogens with zero attached hydrogens (tertiary/aromatic N) is 2. The van der Waals surface area contributed by atoms with E-state index in [0.29, 0.717) is 15.9 Å². The fourth-order valence-corrected chi connectivity index (χ4v) is 2.64. The van der Waals surface area contributed by atoms with Crippen molar-refractivity contribution in [2.75, 3.05) is 0 Å². The molecule has 0 radical (unpaired) electrons. The second-order valence-electron chi connectivity index (χ2n) is 4.27. The first-order chi connectivity index (χ1) is 8.75. The van der Waals surface area contributed by atoms with Crippen molar-refractivity contribution in [1.29, 1.82) is 0 Å². The first kappa shape index (κ1) is 9.85. The third-order valence-electron chi connectivity index (χ3n) is 3.26. The highest BCUT2D eigenvalue weighted by molar-refractivity contribution is 6.31. The van der Waals surface area contributed by atoms with Crippen LogP contribution in [0.4, 0.5) is 0 Å². The van der Waals surface area contributed by atoms with Crippen molar-refractivity contribution in [1.82, 2.24) is 9.38 Å². The zero-order valence-electron chi connectivity index (χ0n) is 9.22. The Labute approximate surface area is 107 Å². The van der Waals surface area contributed by atoms with Crippen LogP contribution in [-0.4, -0.2) is 9.38 Å². The summed E-state index contributed by atoms with van der Waals surface area (Å²) in [6.07, 6.45) is 1.78. The molecule has 4 rings (SSSR count). The van der Waals surface area contributed by atoms with Crippen molar-refractivity contribution in [3.63, 3.8) is 0 Å². The van der Waals surface area contributed by atoms with Crippen LogP contribution < -0.4 is 5.43 Å². The van der Waals surface area contributed by atoms with E-state index in [1.807, 2.05) is 28.7 Å².